The Bertz CT molecular complexity index is 362. The molecule has 6 heteroatoms. The molecule has 1 heterocycles. The predicted octanol–water partition coefficient (Wildman–Crippen LogP) is 1.26. The van der Waals surface area contributed by atoms with Gasteiger partial charge in [0.1, 0.15) is 0 Å². The maximum Gasteiger partial charge on any atom is 0.236 e. The zero-order chi connectivity index (χ0) is 13.4. The van der Waals surface area contributed by atoms with E-state index in [2.05, 4.69) is 10.3 Å². The van der Waals surface area contributed by atoms with Crippen molar-refractivity contribution < 1.29 is 9.53 Å². The van der Waals surface area contributed by atoms with Crippen LogP contribution >= 0.6 is 12.4 Å². The number of ether oxygens (including phenoxy) is 1. The van der Waals surface area contributed by atoms with Crippen LogP contribution in [-0.4, -0.2) is 49.6 Å². The van der Waals surface area contributed by atoms with Gasteiger partial charge in [-0.25, -0.2) is 0 Å². The SMILES string of the molecule is COCCNCC(=O)N(C)C(C)c1ccncc1.Cl. The average Bonchev–Trinajstić information content (AvgIpc) is 2.42. The Morgan fingerprint density at radius 3 is 2.68 bits per heavy atom. The van der Waals surface area contributed by atoms with Crippen LogP contribution in [0.3, 0.4) is 0 Å². The number of halogens is 1. The lowest BCUT2D eigenvalue weighted by Crippen LogP contribution is -2.38. The second-order valence-electron chi connectivity index (χ2n) is 4.13. The van der Waals surface area contributed by atoms with Gasteiger partial charge in [0.15, 0.2) is 0 Å². The van der Waals surface area contributed by atoms with Gasteiger partial charge in [0.05, 0.1) is 19.2 Å². The molecule has 0 aliphatic carbocycles. The van der Waals surface area contributed by atoms with Crippen molar-refractivity contribution in [2.24, 2.45) is 0 Å². The van der Waals surface area contributed by atoms with Gasteiger partial charge in [0.25, 0.3) is 0 Å². The van der Waals surface area contributed by atoms with Crippen LogP contribution in [-0.2, 0) is 9.53 Å². The highest BCUT2D eigenvalue weighted by Crippen LogP contribution is 2.17. The van der Waals surface area contributed by atoms with E-state index in [4.69, 9.17) is 4.74 Å². The van der Waals surface area contributed by atoms with Crippen LogP contribution in [0, 0.1) is 0 Å². The molecule has 1 rings (SSSR count). The molecule has 108 valence electrons. The summed E-state index contributed by atoms with van der Waals surface area (Å²) < 4.78 is 4.91. The van der Waals surface area contributed by atoms with Crippen LogP contribution in [0.4, 0.5) is 0 Å². The van der Waals surface area contributed by atoms with E-state index >= 15 is 0 Å². The molecular formula is C13H22ClN3O2. The summed E-state index contributed by atoms with van der Waals surface area (Å²) in [6, 6.07) is 3.89. The number of hydrogen-bond acceptors (Lipinski definition) is 4. The van der Waals surface area contributed by atoms with Gasteiger partial charge >= 0.3 is 0 Å². The van der Waals surface area contributed by atoms with Crippen molar-refractivity contribution in [3.05, 3.63) is 30.1 Å². The lowest BCUT2D eigenvalue weighted by atomic mass is 10.1. The van der Waals surface area contributed by atoms with Crippen LogP contribution in [0.2, 0.25) is 0 Å². The van der Waals surface area contributed by atoms with Gasteiger partial charge in [-0.3, -0.25) is 9.78 Å². The number of carbonyl (C=O) groups is 1. The molecule has 0 fully saturated rings. The number of pyridine rings is 1. The Morgan fingerprint density at radius 2 is 2.11 bits per heavy atom. The first-order valence-corrected chi connectivity index (χ1v) is 6.02. The summed E-state index contributed by atoms with van der Waals surface area (Å²) >= 11 is 0. The van der Waals surface area contributed by atoms with E-state index in [0.717, 1.165) is 5.56 Å². The Hall–Kier alpha value is -1.17. The van der Waals surface area contributed by atoms with E-state index in [9.17, 15) is 4.79 Å². The molecule has 0 aliphatic rings. The predicted molar refractivity (Wildman–Crippen MR) is 77.4 cm³/mol. The number of carbonyl (C=O) groups excluding carboxylic acids is 1. The third kappa shape index (κ3) is 6.00. The summed E-state index contributed by atoms with van der Waals surface area (Å²) in [5.74, 6) is 0.0652. The fraction of sp³-hybridized carbons (Fsp3) is 0.538. The van der Waals surface area contributed by atoms with Crippen molar-refractivity contribution in [3.8, 4) is 0 Å². The van der Waals surface area contributed by atoms with E-state index in [1.165, 1.54) is 0 Å². The Morgan fingerprint density at radius 1 is 1.47 bits per heavy atom. The van der Waals surface area contributed by atoms with E-state index < -0.39 is 0 Å². The third-order valence-electron chi connectivity index (χ3n) is 2.92. The molecule has 1 unspecified atom stereocenters. The molecule has 0 aromatic carbocycles. The van der Waals surface area contributed by atoms with Crippen LogP contribution in [0.5, 0.6) is 0 Å². The number of rotatable bonds is 7. The minimum absolute atomic E-state index is 0. The van der Waals surface area contributed by atoms with Crippen LogP contribution < -0.4 is 5.32 Å². The quantitative estimate of drug-likeness (QED) is 0.767. The van der Waals surface area contributed by atoms with Crippen molar-refractivity contribution in [3.63, 3.8) is 0 Å². The fourth-order valence-electron chi connectivity index (χ4n) is 1.58. The molecule has 1 amide bonds. The molecule has 0 spiro atoms. The summed E-state index contributed by atoms with van der Waals surface area (Å²) in [5.41, 5.74) is 1.08. The number of nitrogens with zero attached hydrogens (tertiary/aromatic N) is 2. The lowest BCUT2D eigenvalue weighted by Gasteiger charge is -2.25. The molecule has 19 heavy (non-hydrogen) atoms. The fourth-order valence-corrected chi connectivity index (χ4v) is 1.58. The molecule has 0 saturated carbocycles. The molecule has 1 atom stereocenters. The lowest BCUT2D eigenvalue weighted by molar-refractivity contribution is -0.130. The first-order valence-electron chi connectivity index (χ1n) is 6.02. The van der Waals surface area contributed by atoms with Crippen LogP contribution in [0.25, 0.3) is 0 Å². The zero-order valence-electron chi connectivity index (χ0n) is 11.6. The summed E-state index contributed by atoms with van der Waals surface area (Å²) in [5, 5.41) is 3.04. The van der Waals surface area contributed by atoms with Gasteiger partial charge in [-0.1, -0.05) is 0 Å². The second-order valence-corrected chi connectivity index (χ2v) is 4.13. The first kappa shape index (κ1) is 17.8. The number of likely N-dealkylation sites (N-methyl/N-ethyl adjacent to an activating group) is 1. The third-order valence-corrected chi connectivity index (χ3v) is 2.92. The first-order chi connectivity index (χ1) is 8.66. The van der Waals surface area contributed by atoms with E-state index in [0.29, 0.717) is 19.7 Å². The Labute approximate surface area is 120 Å². The van der Waals surface area contributed by atoms with Crippen molar-refractivity contribution in [2.75, 3.05) is 33.9 Å². The van der Waals surface area contributed by atoms with Gasteiger partial charge in [-0.15, -0.1) is 12.4 Å². The topological polar surface area (TPSA) is 54.5 Å². The number of hydrogen-bond donors (Lipinski definition) is 1. The van der Waals surface area contributed by atoms with E-state index in [1.54, 1.807) is 24.4 Å². The Balaban J connectivity index is 0.00000324. The molecule has 0 radical (unpaired) electrons. The summed E-state index contributed by atoms with van der Waals surface area (Å²) in [6.45, 7) is 3.62. The number of methoxy groups -OCH3 is 1. The van der Waals surface area contributed by atoms with Crippen molar-refractivity contribution >= 4 is 18.3 Å². The zero-order valence-corrected chi connectivity index (χ0v) is 12.4. The van der Waals surface area contributed by atoms with Crippen molar-refractivity contribution in [1.29, 1.82) is 0 Å². The highest BCUT2D eigenvalue weighted by molar-refractivity contribution is 5.85. The molecule has 0 saturated heterocycles. The van der Waals surface area contributed by atoms with Gasteiger partial charge in [-0.05, 0) is 24.6 Å². The maximum atomic E-state index is 11.9. The molecular weight excluding hydrogens is 266 g/mol. The highest BCUT2D eigenvalue weighted by Gasteiger charge is 2.16. The van der Waals surface area contributed by atoms with Crippen LogP contribution in [0.15, 0.2) is 24.5 Å². The number of aromatic nitrogens is 1. The van der Waals surface area contributed by atoms with Gasteiger partial charge in [0.2, 0.25) is 5.91 Å². The van der Waals surface area contributed by atoms with Crippen LogP contribution in [0.1, 0.15) is 18.5 Å². The standard InChI is InChI=1S/C13H21N3O2.ClH/c1-11(12-4-6-14-7-5-12)16(2)13(17)10-15-8-9-18-3;/h4-7,11,15H,8-10H2,1-3H3;1H. The second kappa shape index (κ2) is 9.72. The van der Waals surface area contributed by atoms with Crippen molar-refractivity contribution in [1.82, 2.24) is 15.2 Å². The minimum atomic E-state index is 0. The molecule has 0 aliphatic heterocycles. The number of amides is 1. The minimum Gasteiger partial charge on any atom is -0.383 e. The highest BCUT2D eigenvalue weighted by atomic mass is 35.5. The largest absolute Gasteiger partial charge is 0.383 e. The normalized spacial score (nSPS) is 11.5. The smallest absolute Gasteiger partial charge is 0.236 e. The van der Waals surface area contributed by atoms with Gasteiger partial charge in [-0.2, -0.15) is 0 Å². The number of nitrogens with one attached hydrogen (secondary N) is 1. The van der Waals surface area contributed by atoms with Gasteiger partial charge < -0.3 is 15.0 Å². The average molecular weight is 288 g/mol. The van der Waals surface area contributed by atoms with Gasteiger partial charge in [0, 0.05) is 33.1 Å². The summed E-state index contributed by atoms with van der Waals surface area (Å²) in [7, 11) is 3.45. The molecule has 1 aromatic heterocycles. The van der Waals surface area contributed by atoms with E-state index in [-0.39, 0.29) is 24.4 Å². The summed E-state index contributed by atoms with van der Waals surface area (Å²) in [4.78, 5) is 17.6. The molecule has 5 nitrogen and oxygen atoms in total. The summed E-state index contributed by atoms with van der Waals surface area (Å²) in [6.07, 6.45) is 3.47. The molecule has 0 bridgehead atoms. The van der Waals surface area contributed by atoms with Crippen molar-refractivity contribution in [2.45, 2.75) is 13.0 Å². The Kier molecular flexibility index (Phi) is 9.12. The molecule has 1 aromatic rings. The molecule has 1 N–H and O–H groups in total. The monoisotopic (exact) mass is 287 g/mol. The van der Waals surface area contributed by atoms with E-state index in [1.807, 2.05) is 26.1 Å². The maximum absolute atomic E-state index is 11.9.